The van der Waals surface area contributed by atoms with Gasteiger partial charge in [-0.05, 0) is 62.2 Å². The number of nitrogens with zero attached hydrogens (tertiary/aromatic N) is 3. The van der Waals surface area contributed by atoms with Crippen LogP contribution in [0.1, 0.15) is 36.9 Å². The summed E-state index contributed by atoms with van der Waals surface area (Å²) in [6.45, 7) is 2.92. The minimum absolute atomic E-state index is 0.0129. The summed E-state index contributed by atoms with van der Waals surface area (Å²) in [5.41, 5.74) is -0.0424. The third kappa shape index (κ3) is 4.08. The van der Waals surface area contributed by atoms with E-state index in [1.165, 1.54) is 45.9 Å². The third-order valence-electron chi connectivity index (χ3n) is 6.59. The van der Waals surface area contributed by atoms with E-state index in [1.54, 1.807) is 31.2 Å². The molecule has 10 heteroatoms. The first-order chi connectivity index (χ1) is 18.1. The molecule has 1 aliphatic carbocycles. The highest BCUT2D eigenvalue weighted by Crippen LogP contribution is 2.34. The first-order valence-corrected chi connectivity index (χ1v) is 11.9. The maximum atomic E-state index is 14.9. The molecule has 0 unspecified atom stereocenters. The number of aryl methyl sites for hydroxylation is 1. The van der Waals surface area contributed by atoms with E-state index in [-0.39, 0.29) is 39.9 Å². The van der Waals surface area contributed by atoms with Crippen LogP contribution < -0.4 is 27.4 Å². The normalized spacial score (nSPS) is 12.8. The largest absolute Gasteiger partial charge is 0.338 e. The SMILES string of the molecule is C#Cc1ccc(Nc2c3c(=O)n(C4CC4)c(=O)n(-c4ccc(NC(C)=O)cc4)c3c(C)c(=O)n2C)c(F)c1. The van der Waals surface area contributed by atoms with Crippen LogP contribution in [0.5, 0.6) is 0 Å². The van der Waals surface area contributed by atoms with Crippen molar-refractivity contribution in [1.29, 1.82) is 0 Å². The maximum Gasteiger partial charge on any atom is 0.336 e. The molecule has 4 aromatic rings. The van der Waals surface area contributed by atoms with E-state index in [4.69, 9.17) is 6.42 Å². The number of pyridine rings is 1. The number of hydrogen-bond donors (Lipinski definition) is 2. The lowest BCUT2D eigenvalue weighted by Crippen LogP contribution is -2.41. The Morgan fingerprint density at radius 1 is 1.08 bits per heavy atom. The van der Waals surface area contributed by atoms with Gasteiger partial charge in [0.15, 0.2) is 0 Å². The smallest absolute Gasteiger partial charge is 0.336 e. The molecule has 0 aliphatic heterocycles. The minimum atomic E-state index is -0.661. The number of carbonyl (C=O) groups excluding carboxylic acids is 1. The summed E-state index contributed by atoms with van der Waals surface area (Å²) in [7, 11) is 1.48. The van der Waals surface area contributed by atoms with Crippen molar-refractivity contribution in [2.75, 3.05) is 10.6 Å². The predicted octanol–water partition coefficient (Wildman–Crippen LogP) is 3.32. The average Bonchev–Trinajstić information content (AvgIpc) is 3.72. The van der Waals surface area contributed by atoms with Crippen molar-refractivity contribution in [1.82, 2.24) is 13.7 Å². The van der Waals surface area contributed by atoms with E-state index >= 15 is 0 Å². The Kier molecular flexibility index (Phi) is 5.99. The highest BCUT2D eigenvalue weighted by Gasteiger charge is 2.31. The zero-order valence-corrected chi connectivity index (χ0v) is 21.0. The topological polar surface area (TPSA) is 107 Å². The summed E-state index contributed by atoms with van der Waals surface area (Å²) in [6, 6.07) is 10.4. The highest BCUT2D eigenvalue weighted by molar-refractivity contribution is 5.94. The monoisotopic (exact) mass is 513 g/mol. The van der Waals surface area contributed by atoms with Gasteiger partial charge in [0.05, 0.1) is 16.9 Å². The van der Waals surface area contributed by atoms with Gasteiger partial charge >= 0.3 is 5.69 Å². The van der Waals surface area contributed by atoms with Gasteiger partial charge in [-0.1, -0.05) is 5.92 Å². The van der Waals surface area contributed by atoms with Gasteiger partial charge in [-0.2, -0.15) is 0 Å². The molecule has 0 radical (unpaired) electrons. The number of terminal acetylenes is 1. The Labute approximate surface area is 216 Å². The molecular weight excluding hydrogens is 489 g/mol. The summed E-state index contributed by atoms with van der Waals surface area (Å²) >= 11 is 0. The van der Waals surface area contributed by atoms with E-state index in [1.807, 2.05) is 0 Å². The zero-order valence-electron chi connectivity index (χ0n) is 21.0. The second-order valence-corrected chi connectivity index (χ2v) is 9.28. The Bertz CT molecular complexity index is 1860. The number of fused-ring (bicyclic) bond motifs is 1. The van der Waals surface area contributed by atoms with Gasteiger partial charge in [0.2, 0.25) is 5.91 Å². The van der Waals surface area contributed by atoms with Crippen molar-refractivity contribution >= 4 is 34.0 Å². The molecule has 9 nitrogen and oxygen atoms in total. The maximum absolute atomic E-state index is 14.9. The molecule has 5 rings (SSSR count). The Hall–Kier alpha value is -4.91. The Morgan fingerprint density at radius 3 is 2.34 bits per heavy atom. The summed E-state index contributed by atoms with van der Waals surface area (Å²) in [5.74, 6) is 1.50. The van der Waals surface area contributed by atoms with Crippen LogP contribution in [0.25, 0.3) is 16.6 Å². The number of nitrogens with one attached hydrogen (secondary N) is 2. The van der Waals surface area contributed by atoms with E-state index in [0.29, 0.717) is 29.8 Å². The molecule has 2 aromatic heterocycles. The predicted molar refractivity (Wildman–Crippen MR) is 144 cm³/mol. The van der Waals surface area contributed by atoms with Gasteiger partial charge in [-0.15, -0.1) is 6.42 Å². The molecule has 0 spiro atoms. The molecule has 1 amide bonds. The Balaban J connectivity index is 1.85. The third-order valence-corrected chi connectivity index (χ3v) is 6.59. The van der Waals surface area contributed by atoms with Crippen molar-refractivity contribution in [3.63, 3.8) is 0 Å². The van der Waals surface area contributed by atoms with Crippen LogP contribution in [0.3, 0.4) is 0 Å². The number of anilines is 3. The van der Waals surface area contributed by atoms with Crippen molar-refractivity contribution in [3.8, 4) is 18.0 Å². The van der Waals surface area contributed by atoms with Crippen molar-refractivity contribution < 1.29 is 9.18 Å². The van der Waals surface area contributed by atoms with Crippen LogP contribution in [0.15, 0.2) is 56.8 Å². The lowest BCUT2D eigenvalue weighted by molar-refractivity contribution is -0.114. The molecule has 1 fully saturated rings. The van der Waals surface area contributed by atoms with E-state index in [0.717, 1.165) is 0 Å². The number of benzene rings is 2. The van der Waals surface area contributed by atoms with Crippen LogP contribution in [-0.2, 0) is 11.8 Å². The number of halogens is 1. The van der Waals surface area contributed by atoms with Gasteiger partial charge < -0.3 is 10.6 Å². The summed E-state index contributed by atoms with van der Waals surface area (Å²) in [4.78, 5) is 52.3. The lowest BCUT2D eigenvalue weighted by Gasteiger charge is -2.20. The molecular formula is C28H24FN5O4. The van der Waals surface area contributed by atoms with Gasteiger partial charge in [0.1, 0.15) is 17.0 Å². The first kappa shape index (κ1) is 24.8. The number of carbonyl (C=O) groups is 1. The molecule has 2 N–H and O–H groups in total. The quantitative estimate of drug-likeness (QED) is 0.398. The second-order valence-electron chi connectivity index (χ2n) is 9.28. The van der Waals surface area contributed by atoms with Crippen LogP contribution in [0, 0.1) is 25.1 Å². The summed E-state index contributed by atoms with van der Waals surface area (Å²) in [5, 5.41) is 5.64. The van der Waals surface area contributed by atoms with Crippen molar-refractivity contribution in [2.24, 2.45) is 7.05 Å². The number of rotatable bonds is 5. The molecule has 1 aliphatic rings. The zero-order chi connectivity index (χ0) is 27.3. The average molecular weight is 514 g/mol. The number of amides is 1. The fraction of sp³-hybridized carbons (Fsp3) is 0.214. The molecule has 0 saturated heterocycles. The molecule has 2 heterocycles. The van der Waals surface area contributed by atoms with Crippen molar-refractivity contribution in [2.45, 2.75) is 32.7 Å². The van der Waals surface area contributed by atoms with Gasteiger partial charge in [-0.25, -0.2) is 9.18 Å². The molecule has 38 heavy (non-hydrogen) atoms. The fourth-order valence-corrected chi connectivity index (χ4v) is 4.59. The molecule has 0 bridgehead atoms. The minimum Gasteiger partial charge on any atom is -0.338 e. The molecule has 1 saturated carbocycles. The van der Waals surface area contributed by atoms with Crippen LogP contribution in [0.4, 0.5) is 21.6 Å². The summed E-state index contributed by atoms with van der Waals surface area (Å²) in [6.07, 6.45) is 6.70. The van der Waals surface area contributed by atoms with E-state index in [9.17, 15) is 23.6 Å². The van der Waals surface area contributed by atoms with Gasteiger partial charge in [0.25, 0.3) is 11.1 Å². The number of aromatic nitrogens is 3. The van der Waals surface area contributed by atoms with Crippen LogP contribution in [-0.4, -0.2) is 19.6 Å². The summed E-state index contributed by atoms with van der Waals surface area (Å²) < 4.78 is 18.6. The molecule has 2 aromatic carbocycles. The number of hydrogen-bond acceptors (Lipinski definition) is 5. The van der Waals surface area contributed by atoms with Crippen LogP contribution in [0.2, 0.25) is 0 Å². The van der Waals surface area contributed by atoms with E-state index in [2.05, 4.69) is 16.6 Å². The lowest BCUT2D eigenvalue weighted by atomic mass is 10.1. The standard InChI is InChI=1S/C28H24FN5O4/c1-5-17-6-13-22(21(29)14-17)31-25-23-24(15(2)26(36)32(25)4)33(28(38)34(27(23)37)20-11-12-20)19-9-7-18(8-10-19)30-16(3)35/h1,6-10,13-14,20,31H,11-12H2,2-4H3,(H,30,35). The highest BCUT2D eigenvalue weighted by atomic mass is 19.1. The first-order valence-electron chi connectivity index (χ1n) is 11.9. The van der Waals surface area contributed by atoms with Gasteiger partial charge in [0, 0.05) is 36.8 Å². The van der Waals surface area contributed by atoms with Crippen LogP contribution >= 0.6 is 0 Å². The van der Waals surface area contributed by atoms with E-state index < -0.39 is 22.6 Å². The van der Waals surface area contributed by atoms with Crippen molar-refractivity contribution in [3.05, 3.63) is 90.6 Å². The molecule has 192 valence electrons. The van der Waals surface area contributed by atoms with Gasteiger partial charge in [-0.3, -0.25) is 28.1 Å². The molecule has 0 atom stereocenters. The Morgan fingerprint density at radius 2 is 1.76 bits per heavy atom. The fourth-order valence-electron chi connectivity index (χ4n) is 4.59. The second kappa shape index (κ2) is 9.19.